The fourth-order valence-corrected chi connectivity index (χ4v) is 1.77. The first-order valence-electron chi connectivity index (χ1n) is 4.59. The number of benzene rings is 1. The zero-order valence-corrected chi connectivity index (χ0v) is 9.03. The summed E-state index contributed by atoms with van der Waals surface area (Å²) in [4.78, 5) is 0. The van der Waals surface area contributed by atoms with Crippen LogP contribution in [0.25, 0.3) is 0 Å². The summed E-state index contributed by atoms with van der Waals surface area (Å²) in [5, 5.41) is 12.1. The lowest BCUT2D eigenvalue weighted by atomic mass is 9.96. The number of halogens is 4. The fraction of sp³-hybridized carbons (Fsp3) is 0.400. The second-order valence-corrected chi connectivity index (χ2v) is 3.57. The van der Waals surface area contributed by atoms with Gasteiger partial charge in [0.05, 0.1) is 11.7 Å². The van der Waals surface area contributed by atoms with Gasteiger partial charge in [0.25, 0.3) is 0 Å². The summed E-state index contributed by atoms with van der Waals surface area (Å²) in [6, 6.07) is 4.00. The maximum atomic E-state index is 12.6. The normalized spacial score (nSPS) is 19.4. The van der Waals surface area contributed by atoms with Crippen molar-refractivity contribution in [3.63, 3.8) is 0 Å². The highest BCUT2D eigenvalue weighted by Crippen LogP contribution is 2.36. The molecule has 0 bridgehead atoms. The van der Waals surface area contributed by atoms with Crippen LogP contribution in [-0.4, -0.2) is 17.8 Å². The molecule has 1 unspecified atom stereocenters. The first-order chi connectivity index (χ1) is 6.98. The highest BCUT2D eigenvalue weighted by molar-refractivity contribution is 5.85. The molecule has 0 radical (unpaired) electrons. The zero-order chi connectivity index (χ0) is 11.1. The van der Waals surface area contributed by atoms with E-state index in [4.69, 9.17) is 0 Å². The number of nitrogens with one attached hydrogen (secondary N) is 1. The van der Waals surface area contributed by atoms with Crippen molar-refractivity contribution in [3.05, 3.63) is 29.3 Å². The van der Waals surface area contributed by atoms with E-state index in [0.29, 0.717) is 12.2 Å². The van der Waals surface area contributed by atoms with Gasteiger partial charge < -0.3 is 10.4 Å². The second-order valence-electron chi connectivity index (χ2n) is 3.57. The van der Waals surface area contributed by atoms with Gasteiger partial charge in [0.1, 0.15) is 0 Å². The highest BCUT2D eigenvalue weighted by atomic mass is 35.5. The van der Waals surface area contributed by atoms with E-state index in [1.54, 1.807) is 6.07 Å². The first kappa shape index (κ1) is 13.1. The van der Waals surface area contributed by atoms with Crippen molar-refractivity contribution >= 4 is 18.1 Å². The molecular weight excluding hydrogens is 243 g/mol. The molecule has 0 saturated carbocycles. The van der Waals surface area contributed by atoms with Crippen LogP contribution in [-0.2, 0) is 12.6 Å². The summed E-state index contributed by atoms with van der Waals surface area (Å²) in [6.45, 7) is 0.300. The average Bonchev–Trinajstić information content (AvgIpc) is 2.15. The quantitative estimate of drug-likeness (QED) is 0.744. The number of rotatable bonds is 0. The number of hydrogen-bond acceptors (Lipinski definition) is 2. The van der Waals surface area contributed by atoms with Crippen LogP contribution >= 0.6 is 12.4 Å². The van der Waals surface area contributed by atoms with E-state index in [0.717, 1.165) is 6.07 Å². The summed E-state index contributed by atoms with van der Waals surface area (Å²) in [5.74, 6) is 0. The lowest BCUT2D eigenvalue weighted by molar-refractivity contribution is -0.138. The molecule has 1 atom stereocenters. The Morgan fingerprint density at radius 3 is 2.62 bits per heavy atom. The van der Waals surface area contributed by atoms with Crippen LogP contribution in [0, 0.1) is 0 Å². The minimum absolute atomic E-state index is 0. The number of aliphatic hydroxyl groups is 1. The Balaban J connectivity index is 0.00000128. The van der Waals surface area contributed by atoms with E-state index in [9.17, 15) is 18.3 Å². The van der Waals surface area contributed by atoms with Crippen LogP contribution in [0.3, 0.4) is 0 Å². The van der Waals surface area contributed by atoms with Crippen molar-refractivity contribution in [3.8, 4) is 0 Å². The van der Waals surface area contributed by atoms with Gasteiger partial charge in [-0.15, -0.1) is 12.4 Å². The second kappa shape index (κ2) is 4.51. The van der Waals surface area contributed by atoms with Crippen LogP contribution in [0.2, 0.25) is 0 Å². The van der Waals surface area contributed by atoms with Crippen molar-refractivity contribution in [1.29, 1.82) is 0 Å². The number of β-amino-alcohol motifs (C(OH)–C–C–N with tert-alkyl or cyclic N) is 1. The molecule has 2 nitrogen and oxygen atoms in total. The minimum atomic E-state index is -4.36. The Labute approximate surface area is 96.9 Å². The number of alkyl halides is 3. The molecule has 0 amide bonds. The van der Waals surface area contributed by atoms with Crippen molar-refractivity contribution < 1.29 is 18.3 Å². The van der Waals surface area contributed by atoms with Crippen LogP contribution in [0.5, 0.6) is 0 Å². The maximum Gasteiger partial charge on any atom is 0.416 e. The largest absolute Gasteiger partial charge is 0.416 e. The maximum absolute atomic E-state index is 12.6. The molecule has 0 fully saturated rings. The zero-order valence-electron chi connectivity index (χ0n) is 8.21. The van der Waals surface area contributed by atoms with Gasteiger partial charge in [-0.2, -0.15) is 13.2 Å². The van der Waals surface area contributed by atoms with Crippen molar-refractivity contribution in [2.75, 3.05) is 11.9 Å². The van der Waals surface area contributed by atoms with E-state index in [1.807, 2.05) is 0 Å². The standard InChI is InChI=1S/C10H10F3NO.ClH/c11-10(12,13)8-2-1-3-9-7(8)4-6(15)5-14-9;/h1-3,6,14-15H,4-5H2;1H. The molecule has 6 heteroatoms. The summed E-state index contributed by atoms with van der Waals surface area (Å²) in [7, 11) is 0. The van der Waals surface area contributed by atoms with E-state index >= 15 is 0 Å². The van der Waals surface area contributed by atoms with Gasteiger partial charge in [-0.3, -0.25) is 0 Å². The van der Waals surface area contributed by atoms with Gasteiger partial charge >= 0.3 is 6.18 Å². The molecule has 1 heterocycles. The van der Waals surface area contributed by atoms with Gasteiger partial charge in [-0.25, -0.2) is 0 Å². The molecule has 0 spiro atoms. The van der Waals surface area contributed by atoms with E-state index < -0.39 is 17.8 Å². The van der Waals surface area contributed by atoms with Crippen molar-refractivity contribution in [2.24, 2.45) is 0 Å². The van der Waals surface area contributed by atoms with E-state index in [-0.39, 0.29) is 24.4 Å². The highest BCUT2D eigenvalue weighted by Gasteiger charge is 2.35. The van der Waals surface area contributed by atoms with Crippen LogP contribution in [0.4, 0.5) is 18.9 Å². The van der Waals surface area contributed by atoms with Crippen molar-refractivity contribution in [2.45, 2.75) is 18.7 Å². The topological polar surface area (TPSA) is 32.3 Å². The average molecular weight is 254 g/mol. The van der Waals surface area contributed by atoms with E-state index in [1.165, 1.54) is 6.07 Å². The number of hydrogen-bond donors (Lipinski definition) is 2. The molecule has 1 aliphatic heterocycles. The first-order valence-corrected chi connectivity index (χ1v) is 4.59. The van der Waals surface area contributed by atoms with Gasteiger partial charge in [-0.1, -0.05) is 6.07 Å². The Morgan fingerprint density at radius 2 is 2.00 bits per heavy atom. The summed E-state index contributed by atoms with van der Waals surface area (Å²) in [5.41, 5.74) is -0.0369. The number of aliphatic hydroxyl groups excluding tert-OH is 1. The molecule has 2 N–H and O–H groups in total. The Bertz CT molecular complexity index is 381. The molecule has 0 aliphatic carbocycles. The van der Waals surface area contributed by atoms with Gasteiger partial charge in [0.2, 0.25) is 0 Å². The Morgan fingerprint density at radius 1 is 1.31 bits per heavy atom. The third-order valence-electron chi connectivity index (χ3n) is 2.45. The van der Waals surface area contributed by atoms with Gasteiger partial charge in [-0.05, 0) is 17.7 Å². The molecule has 16 heavy (non-hydrogen) atoms. The molecular formula is C10H11ClF3NO. The number of anilines is 1. The summed E-state index contributed by atoms with van der Waals surface area (Å²) < 4.78 is 37.8. The Hall–Kier alpha value is -0.940. The van der Waals surface area contributed by atoms with E-state index in [2.05, 4.69) is 5.32 Å². The Kier molecular flexibility index (Phi) is 3.70. The molecule has 90 valence electrons. The lowest BCUT2D eigenvalue weighted by Crippen LogP contribution is -2.29. The molecule has 0 aromatic heterocycles. The molecule has 0 saturated heterocycles. The summed E-state index contributed by atoms with van der Waals surface area (Å²) in [6.07, 6.45) is -5.05. The fourth-order valence-electron chi connectivity index (χ4n) is 1.77. The van der Waals surface area contributed by atoms with Crippen LogP contribution in [0.15, 0.2) is 18.2 Å². The predicted octanol–water partition coefficient (Wildman–Crippen LogP) is 2.46. The van der Waals surface area contributed by atoms with Crippen molar-refractivity contribution in [1.82, 2.24) is 0 Å². The summed E-state index contributed by atoms with van der Waals surface area (Å²) >= 11 is 0. The SMILES string of the molecule is Cl.OC1CNc2cccc(C(F)(F)F)c2C1. The van der Waals surface area contributed by atoms with Gasteiger partial charge in [0, 0.05) is 18.7 Å². The molecule has 1 aromatic rings. The third-order valence-corrected chi connectivity index (χ3v) is 2.45. The van der Waals surface area contributed by atoms with Gasteiger partial charge in [0.15, 0.2) is 0 Å². The molecule has 2 rings (SSSR count). The third kappa shape index (κ3) is 2.41. The molecule has 1 aliphatic rings. The minimum Gasteiger partial charge on any atom is -0.391 e. The number of fused-ring (bicyclic) bond motifs is 1. The van der Waals surface area contributed by atoms with Crippen LogP contribution < -0.4 is 5.32 Å². The van der Waals surface area contributed by atoms with Crippen LogP contribution in [0.1, 0.15) is 11.1 Å². The smallest absolute Gasteiger partial charge is 0.391 e. The lowest BCUT2D eigenvalue weighted by Gasteiger charge is -2.25. The predicted molar refractivity (Wildman–Crippen MR) is 56.9 cm³/mol. The monoisotopic (exact) mass is 253 g/mol. The molecule has 1 aromatic carbocycles.